The molecule has 0 spiro atoms. The lowest BCUT2D eigenvalue weighted by Gasteiger charge is -2.06. The van der Waals surface area contributed by atoms with Gasteiger partial charge in [0.25, 0.3) is 0 Å². The van der Waals surface area contributed by atoms with Crippen molar-refractivity contribution in [3.05, 3.63) is 52.2 Å². The van der Waals surface area contributed by atoms with E-state index in [1.165, 1.54) is 6.07 Å². The van der Waals surface area contributed by atoms with Crippen LogP contribution in [-0.4, -0.2) is 5.91 Å². The van der Waals surface area contributed by atoms with Crippen molar-refractivity contribution in [2.75, 3.05) is 5.32 Å². The van der Waals surface area contributed by atoms with E-state index < -0.39 is 17.5 Å². The topological polar surface area (TPSA) is 29.1 Å². The Morgan fingerprint density at radius 1 is 1.22 bits per heavy atom. The highest BCUT2D eigenvalue weighted by molar-refractivity contribution is 7.07. The van der Waals surface area contributed by atoms with Crippen molar-refractivity contribution < 1.29 is 13.6 Å². The number of carbonyl (C=O) groups is 1. The van der Waals surface area contributed by atoms with Gasteiger partial charge >= 0.3 is 0 Å². The van der Waals surface area contributed by atoms with Gasteiger partial charge in [-0.05, 0) is 40.9 Å². The first-order valence-electron chi connectivity index (χ1n) is 5.42. The highest BCUT2D eigenvalue weighted by Crippen LogP contribution is 2.18. The van der Waals surface area contributed by atoms with Crippen molar-refractivity contribution in [3.63, 3.8) is 0 Å². The third-order valence-electron chi connectivity index (χ3n) is 2.45. The largest absolute Gasteiger partial charge is 0.321 e. The zero-order valence-corrected chi connectivity index (χ0v) is 10.3. The van der Waals surface area contributed by atoms with Crippen LogP contribution in [0.15, 0.2) is 35.0 Å². The molecule has 0 aliphatic rings. The Morgan fingerprint density at radius 2 is 1.94 bits per heavy atom. The van der Waals surface area contributed by atoms with Crippen LogP contribution < -0.4 is 5.32 Å². The summed E-state index contributed by atoms with van der Waals surface area (Å²) in [5.74, 6) is -1.93. The summed E-state index contributed by atoms with van der Waals surface area (Å²) in [6.07, 6.45) is 0.760. The predicted molar refractivity (Wildman–Crippen MR) is 67.6 cm³/mol. The SMILES string of the molecule is O=C(CCc1ccsc1)Nc1c(F)cccc1F. The Labute approximate surface area is 107 Å². The van der Waals surface area contributed by atoms with Crippen LogP contribution in [0.2, 0.25) is 0 Å². The van der Waals surface area contributed by atoms with E-state index in [0.717, 1.165) is 17.7 Å². The van der Waals surface area contributed by atoms with E-state index >= 15 is 0 Å². The summed E-state index contributed by atoms with van der Waals surface area (Å²) in [6, 6.07) is 5.39. The number of anilines is 1. The molecule has 0 radical (unpaired) electrons. The number of hydrogen-bond acceptors (Lipinski definition) is 2. The molecule has 1 N–H and O–H groups in total. The molecular weight excluding hydrogens is 256 g/mol. The first kappa shape index (κ1) is 12.7. The van der Waals surface area contributed by atoms with Crippen molar-refractivity contribution in [1.82, 2.24) is 0 Å². The smallest absolute Gasteiger partial charge is 0.224 e. The monoisotopic (exact) mass is 267 g/mol. The maximum atomic E-state index is 13.3. The first-order valence-corrected chi connectivity index (χ1v) is 6.36. The molecule has 2 nitrogen and oxygen atoms in total. The summed E-state index contributed by atoms with van der Waals surface area (Å²) >= 11 is 1.55. The molecule has 0 bridgehead atoms. The number of thiophene rings is 1. The zero-order chi connectivity index (χ0) is 13.0. The standard InChI is InChI=1S/C13H11F2NOS/c14-10-2-1-3-11(15)13(10)16-12(17)5-4-9-6-7-18-8-9/h1-3,6-8H,4-5H2,(H,16,17). The molecule has 0 aliphatic carbocycles. The minimum Gasteiger partial charge on any atom is -0.321 e. The highest BCUT2D eigenvalue weighted by Gasteiger charge is 2.11. The van der Waals surface area contributed by atoms with E-state index in [1.54, 1.807) is 11.3 Å². The molecule has 0 saturated carbocycles. The van der Waals surface area contributed by atoms with Gasteiger partial charge in [-0.2, -0.15) is 11.3 Å². The molecule has 0 fully saturated rings. The van der Waals surface area contributed by atoms with E-state index in [4.69, 9.17) is 0 Å². The van der Waals surface area contributed by atoms with Gasteiger partial charge in [0.1, 0.15) is 17.3 Å². The normalized spacial score (nSPS) is 10.3. The zero-order valence-electron chi connectivity index (χ0n) is 9.45. The van der Waals surface area contributed by atoms with Crippen molar-refractivity contribution >= 4 is 22.9 Å². The van der Waals surface area contributed by atoms with E-state index in [2.05, 4.69) is 5.32 Å². The van der Waals surface area contributed by atoms with Gasteiger partial charge in [0, 0.05) is 6.42 Å². The van der Waals surface area contributed by atoms with Crippen LogP contribution in [0.1, 0.15) is 12.0 Å². The Kier molecular flexibility index (Phi) is 4.04. The number of aryl methyl sites for hydroxylation is 1. The minimum atomic E-state index is -0.765. The van der Waals surface area contributed by atoms with E-state index in [0.29, 0.717) is 6.42 Å². The van der Waals surface area contributed by atoms with Gasteiger partial charge in [0.2, 0.25) is 5.91 Å². The Hall–Kier alpha value is -1.75. The predicted octanol–water partition coefficient (Wildman–Crippen LogP) is 3.60. The summed E-state index contributed by atoms with van der Waals surface area (Å²) in [4.78, 5) is 11.6. The fourth-order valence-electron chi connectivity index (χ4n) is 1.51. The number of hydrogen-bond donors (Lipinski definition) is 1. The Morgan fingerprint density at radius 3 is 2.56 bits per heavy atom. The molecule has 94 valence electrons. The van der Waals surface area contributed by atoms with Crippen LogP contribution in [0.25, 0.3) is 0 Å². The molecule has 1 aromatic heterocycles. The highest BCUT2D eigenvalue weighted by atomic mass is 32.1. The number of para-hydroxylation sites is 1. The van der Waals surface area contributed by atoms with Crippen molar-refractivity contribution in [1.29, 1.82) is 0 Å². The second kappa shape index (κ2) is 5.73. The second-order valence-corrected chi connectivity index (χ2v) is 4.56. The third kappa shape index (κ3) is 3.13. The van der Waals surface area contributed by atoms with Gasteiger partial charge in [-0.1, -0.05) is 6.07 Å². The average Bonchev–Trinajstić information content (AvgIpc) is 2.84. The molecular formula is C13H11F2NOS. The van der Waals surface area contributed by atoms with Crippen LogP contribution in [-0.2, 0) is 11.2 Å². The Bertz CT molecular complexity index is 520. The lowest BCUT2D eigenvalue weighted by molar-refractivity contribution is -0.116. The van der Waals surface area contributed by atoms with Gasteiger partial charge in [0.05, 0.1) is 0 Å². The maximum absolute atomic E-state index is 13.3. The lowest BCUT2D eigenvalue weighted by Crippen LogP contribution is -2.14. The second-order valence-electron chi connectivity index (χ2n) is 3.78. The first-order chi connectivity index (χ1) is 8.66. The summed E-state index contributed by atoms with van der Waals surface area (Å²) in [5.41, 5.74) is 0.664. The van der Waals surface area contributed by atoms with Crippen molar-refractivity contribution in [2.24, 2.45) is 0 Å². The molecule has 1 aromatic carbocycles. The number of amides is 1. The summed E-state index contributed by atoms with van der Waals surface area (Å²) in [6.45, 7) is 0. The van der Waals surface area contributed by atoms with Crippen LogP contribution in [0.5, 0.6) is 0 Å². The van der Waals surface area contributed by atoms with Gasteiger partial charge in [-0.3, -0.25) is 4.79 Å². The van der Waals surface area contributed by atoms with Crippen LogP contribution in [0.3, 0.4) is 0 Å². The molecule has 0 atom stereocenters. The van der Waals surface area contributed by atoms with Crippen molar-refractivity contribution in [2.45, 2.75) is 12.8 Å². The fourth-order valence-corrected chi connectivity index (χ4v) is 2.22. The number of halogens is 2. The summed E-state index contributed by atoms with van der Waals surface area (Å²) < 4.78 is 26.5. The average molecular weight is 267 g/mol. The maximum Gasteiger partial charge on any atom is 0.224 e. The number of rotatable bonds is 4. The van der Waals surface area contributed by atoms with E-state index in [1.807, 2.05) is 16.8 Å². The van der Waals surface area contributed by atoms with Gasteiger partial charge < -0.3 is 5.32 Å². The Balaban J connectivity index is 1.95. The quantitative estimate of drug-likeness (QED) is 0.901. The van der Waals surface area contributed by atoms with Crippen LogP contribution in [0, 0.1) is 11.6 Å². The lowest BCUT2D eigenvalue weighted by atomic mass is 10.2. The summed E-state index contributed by atoms with van der Waals surface area (Å²) in [5, 5.41) is 6.12. The van der Waals surface area contributed by atoms with E-state index in [-0.39, 0.29) is 12.1 Å². The fraction of sp³-hybridized carbons (Fsp3) is 0.154. The molecule has 0 unspecified atom stereocenters. The number of carbonyl (C=O) groups excluding carboxylic acids is 1. The van der Waals surface area contributed by atoms with Gasteiger partial charge in [-0.15, -0.1) is 0 Å². The third-order valence-corrected chi connectivity index (χ3v) is 3.18. The van der Waals surface area contributed by atoms with Gasteiger partial charge in [0.15, 0.2) is 0 Å². The van der Waals surface area contributed by atoms with Gasteiger partial charge in [-0.25, -0.2) is 8.78 Å². The van der Waals surface area contributed by atoms with Crippen LogP contribution >= 0.6 is 11.3 Å². The minimum absolute atomic E-state index is 0.199. The molecule has 1 amide bonds. The van der Waals surface area contributed by atoms with Crippen LogP contribution in [0.4, 0.5) is 14.5 Å². The number of nitrogens with one attached hydrogen (secondary N) is 1. The molecule has 2 rings (SSSR count). The van der Waals surface area contributed by atoms with E-state index in [9.17, 15) is 13.6 Å². The molecule has 2 aromatic rings. The summed E-state index contributed by atoms with van der Waals surface area (Å²) in [7, 11) is 0. The molecule has 5 heteroatoms. The molecule has 1 heterocycles. The number of benzene rings is 1. The molecule has 0 aliphatic heterocycles. The van der Waals surface area contributed by atoms with Crippen molar-refractivity contribution in [3.8, 4) is 0 Å². The molecule has 0 saturated heterocycles. The molecule has 18 heavy (non-hydrogen) atoms.